The Bertz CT molecular complexity index is 346. The molecule has 2 aliphatic heterocycles. The van der Waals surface area contributed by atoms with E-state index in [1.54, 1.807) is 7.05 Å². The zero-order valence-corrected chi connectivity index (χ0v) is 10.6. The number of hydrogen-bond acceptors (Lipinski definition) is 3. The van der Waals surface area contributed by atoms with Crippen molar-refractivity contribution >= 4 is 17.9 Å². The Kier molecular flexibility index (Phi) is 4.01. The number of guanidine groups is 1. The molecule has 0 atom stereocenters. The van der Waals surface area contributed by atoms with Crippen LogP contribution in [0.1, 0.15) is 12.8 Å². The SMILES string of the molecule is CN=C(NCCN1C(=O)CNC1=O)N1CCCC1. The fraction of sp³-hybridized carbons (Fsp3) is 0.727. The van der Waals surface area contributed by atoms with Gasteiger partial charge in [-0.2, -0.15) is 0 Å². The highest BCUT2D eigenvalue weighted by atomic mass is 16.2. The molecule has 0 aliphatic carbocycles. The van der Waals surface area contributed by atoms with Gasteiger partial charge in [0.25, 0.3) is 0 Å². The van der Waals surface area contributed by atoms with Crippen LogP contribution in [0.4, 0.5) is 4.79 Å². The molecule has 0 aromatic carbocycles. The van der Waals surface area contributed by atoms with Gasteiger partial charge in [-0.05, 0) is 12.8 Å². The van der Waals surface area contributed by atoms with Gasteiger partial charge >= 0.3 is 6.03 Å². The molecule has 2 saturated heterocycles. The summed E-state index contributed by atoms with van der Waals surface area (Å²) in [5.74, 6) is 0.678. The molecule has 2 heterocycles. The number of hydrogen-bond donors (Lipinski definition) is 2. The second-order valence-corrected chi connectivity index (χ2v) is 4.37. The normalized spacial score (nSPS) is 20.6. The number of imide groups is 1. The van der Waals surface area contributed by atoms with Gasteiger partial charge < -0.3 is 15.5 Å². The number of carbonyl (C=O) groups is 2. The highest BCUT2D eigenvalue weighted by Crippen LogP contribution is 2.07. The van der Waals surface area contributed by atoms with Crippen molar-refractivity contribution in [1.29, 1.82) is 0 Å². The summed E-state index contributed by atoms with van der Waals surface area (Å²) in [6.45, 7) is 3.05. The standard InChI is InChI=1S/C11H19N5O2/c1-12-10(15-5-2-3-6-15)13-4-7-16-9(17)8-14-11(16)18/h2-8H2,1H3,(H,12,13)(H,14,18). The minimum Gasteiger partial charge on any atom is -0.354 e. The van der Waals surface area contributed by atoms with E-state index in [1.807, 2.05) is 0 Å². The fourth-order valence-electron chi connectivity index (χ4n) is 2.22. The number of aliphatic imine (C=N–C) groups is 1. The van der Waals surface area contributed by atoms with E-state index in [0.717, 1.165) is 19.0 Å². The molecule has 0 saturated carbocycles. The largest absolute Gasteiger partial charge is 0.354 e. The zero-order valence-electron chi connectivity index (χ0n) is 10.6. The van der Waals surface area contributed by atoms with Crippen molar-refractivity contribution in [3.63, 3.8) is 0 Å². The summed E-state index contributed by atoms with van der Waals surface area (Å²) in [7, 11) is 1.74. The number of likely N-dealkylation sites (tertiary alicyclic amines) is 1. The van der Waals surface area contributed by atoms with Crippen LogP contribution in [0.3, 0.4) is 0 Å². The van der Waals surface area contributed by atoms with Crippen LogP contribution in [0.15, 0.2) is 4.99 Å². The maximum atomic E-state index is 11.4. The molecule has 18 heavy (non-hydrogen) atoms. The highest BCUT2D eigenvalue weighted by Gasteiger charge is 2.27. The van der Waals surface area contributed by atoms with E-state index >= 15 is 0 Å². The number of nitrogens with zero attached hydrogens (tertiary/aromatic N) is 3. The minimum atomic E-state index is -0.307. The molecule has 0 spiro atoms. The first kappa shape index (κ1) is 12.7. The molecule has 7 heteroatoms. The summed E-state index contributed by atoms with van der Waals surface area (Å²) in [6, 6.07) is -0.307. The lowest BCUT2D eigenvalue weighted by atomic mass is 10.4. The molecule has 3 amide bonds. The number of amides is 3. The summed E-state index contributed by atoms with van der Waals surface area (Å²) >= 11 is 0. The van der Waals surface area contributed by atoms with Crippen LogP contribution in [-0.2, 0) is 4.79 Å². The molecule has 2 N–H and O–H groups in total. The van der Waals surface area contributed by atoms with E-state index in [4.69, 9.17) is 0 Å². The van der Waals surface area contributed by atoms with Crippen LogP contribution >= 0.6 is 0 Å². The van der Waals surface area contributed by atoms with Crippen LogP contribution in [0.5, 0.6) is 0 Å². The molecule has 0 aromatic heterocycles. The van der Waals surface area contributed by atoms with Crippen LogP contribution in [0.25, 0.3) is 0 Å². The maximum Gasteiger partial charge on any atom is 0.324 e. The van der Waals surface area contributed by atoms with Crippen molar-refractivity contribution in [1.82, 2.24) is 20.4 Å². The van der Waals surface area contributed by atoms with Gasteiger partial charge in [0.1, 0.15) is 0 Å². The van der Waals surface area contributed by atoms with Crippen LogP contribution in [0.2, 0.25) is 0 Å². The van der Waals surface area contributed by atoms with Gasteiger partial charge in [0.2, 0.25) is 5.91 Å². The van der Waals surface area contributed by atoms with Crippen molar-refractivity contribution in [3.05, 3.63) is 0 Å². The summed E-state index contributed by atoms with van der Waals surface area (Å²) in [5.41, 5.74) is 0. The van der Waals surface area contributed by atoms with Gasteiger partial charge in [0.05, 0.1) is 6.54 Å². The Morgan fingerprint density at radius 2 is 2.11 bits per heavy atom. The third kappa shape index (κ3) is 2.72. The first-order valence-electron chi connectivity index (χ1n) is 6.26. The predicted molar refractivity (Wildman–Crippen MR) is 67.3 cm³/mol. The van der Waals surface area contributed by atoms with Gasteiger partial charge in [-0.1, -0.05) is 0 Å². The van der Waals surface area contributed by atoms with E-state index in [0.29, 0.717) is 13.1 Å². The van der Waals surface area contributed by atoms with Gasteiger partial charge in [-0.25, -0.2) is 4.79 Å². The van der Waals surface area contributed by atoms with Gasteiger partial charge in [0.15, 0.2) is 5.96 Å². The first-order chi connectivity index (χ1) is 8.72. The van der Waals surface area contributed by atoms with Gasteiger partial charge in [0, 0.05) is 33.2 Å². The molecule has 0 unspecified atom stereocenters. The third-order valence-corrected chi connectivity index (χ3v) is 3.17. The Balaban J connectivity index is 1.77. The molecule has 2 rings (SSSR count). The van der Waals surface area contributed by atoms with E-state index in [-0.39, 0.29) is 18.5 Å². The highest BCUT2D eigenvalue weighted by molar-refractivity contribution is 6.01. The lowest BCUT2D eigenvalue weighted by Gasteiger charge is -2.21. The molecule has 0 radical (unpaired) electrons. The molecule has 100 valence electrons. The number of carbonyl (C=O) groups excluding carboxylic acids is 2. The molecule has 2 aliphatic rings. The predicted octanol–water partition coefficient (Wildman–Crippen LogP) is -0.791. The van der Waals surface area contributed by atoms with E-state index in [2.05, 4.69) is 20.5 Å². The van der Waals surface area contributed by atoms with Crippen molar-refractivity contribution in [2.24, 2.45) is 4.99 Å². The monoisotopic (exact) mass is 253 g/mol. The topological polar surface area (TPSA) is 77.0 Å². The van der Waals surface area contributed by atoms with E-state index in [9.17, 15) is 9.59 Å². The second kappa shape index (κ2) is 5.70. The Hall–Kier alpha value is -1.79. The summed E-state index contributed by atoms with van der Waals surface area (Å²) in [6.07, 6.45) is 2.38. The molecule has 0 aromatic rings. The quantitative estimate of drug-likeness (QED) is 0.392. The van der Waals surface area contributed by atoms with E-state index in [1.165, 1.54) is 17.7 Å². The minimum absolute atomic E-state index is 0.111. The van der Waals surface area contributed by atoms with Crippen molar-refractivity contribution < 1.29 is 9.59 Å². The maximum absolute atomic E-state index is 11.4. The Morgan fingerprint density at radius 1 is 1.39 bits per heavy atom. The zero-order chi connectivity index (χ0) is 13.0. The van der Waals surface area contributed by atoms with Crippen molar-refractivity contribution in [2.75, 3.05) is 39.8 Å². The van der Waals surface area contributed by atoms with Crippen LogP contribution in [-0.4, -0.2) is 67.5 Å². The fourth-order valence-corrected chi connectivity index (χ4v) is 2.22. The van der Waals surface area contributed by atoms with E-state index < -0.39 is 0 Å². The molecule has 0 bridgehead atoms. The lowest BCUT2D eigenvalue weighted by Crippen LogP contribution is -2.44. The Labute approximate surface area is 106 Å². The molecular formula is C11H19N5O2. The van der Waals surface area contributed by atoms with Crippen molar-refractivity contribution in [2.45, 2.75) is 12.8 Å². The lowest BCUT2D eigenvalue weighted by molar-refractivity contribution is -0.124. The number of nitrogens with one attached hydrogen (secondary N) is 2. The first-order valence-corrected chi connectivity index (χ1v) is 6.26. The third-order valence-electron chi connectivity index (χ3n) is 3.17. The van der Waals surface area contributed by atoms with Gasteiger partial charge in [-0.3, -0.25) is 14.7 Å². The van der Waals surface area contributed by atoms with Crippen LogP contribution < -0.4 is 10.6 Å². The van der Waals surface area contributed by atoms with Gasteiger partial charge in [-0.15, -0.1) is 0 Å². The second-order valence-electron chi connectivity index (χ2n) is 4.37. The average molecular weight is 253 g/mol. The molecule has 7 nitrogen and oxygen atoms in total. The molecular weight excluding hydrogens is 234 g/mol. The summed E-state index contributed by atoms with van der Waals surface area (Å²) in [5, 5.41) is 5.68. The Morgan fingerprint density at radius 3 is 2.67 bits per heavy atom. The smallest absolute Gasteiger partial charge is 0.324 e. The van der Waals surface area contributed by atoms with Crippen molar-refractivity contribution in [3.8, 4) is 0 Å². The molecule has 2 fully saturated rings. The van der Waals surface area contributed by atoms with Crippen LogP contribution in [0, 0.1) is 0 Å². The average Bonchev–Trinajstić information content (AvgIpc) is 2.98. The summed E-state index contributed by atoms with van der Waals surface area (Å²) < 4.78 is 0. The number of urea groups is 1. The number of rotatable bonds is 3. The summed E-state index contributed by atoms with van der Waals surface area (Å²) in [4.78, 5) is 30.3.